The van der Waals surface area contributed by atoms with E-state index in [1.54, 1.807) is 0 Å². The van der Waals surface area contributed by atoms with Crippen LogP contribution in [0.2, 0.25) is 0 Å². The Hall–Kier alpha value is -0.120. The Morgan fingerprint density at radius 2 is 2.06 bits per heavy atom. The molecule has 0 aromatic heterocycles. The molecule has 4 atom stereocenters. The predicted octanol–water partition coefficient (Wildman–Crippen LogP) is 1.68. The van der Waals surface area contributed by atoms with Crippen LogP contribution in [-0.2, 0) is 4.74 Å². The number of hydrogen-bond donors (Lipinski definition) is 2. The molecule has 3 N–H and O–H groups in total. The van der Waals surface area contributed by atoms with Gasteiger partial charge < -0.3 is 15.6 Å². The van der Waals surface area contributed by atoms with Gasteiger partial charge in [-0.15, -0.1) is 0 Å². The van der Waals surface area contributed by atoms with E-state index in [1.807, 2.05) is 0 Å². The van der Waals surface area contributed by atoms with Gasteiger partial charge >= 0.3 is 0 Å². The van der Waals surface area contributed by atoms with Crippen LogP contribution in [0.3, 0.4) is 0 Å². The highest BCUT2D eigenvalue weighted by Crippen LogP contribution is 2.40. The molecular formula is C13H25NO2. The summed E-state index contributed by atoms with van der Waals surface area (Å²) in [6, 6.07) is 0. The van der Waals surface area contributed by atoms with E-state index in [2.05, 4.69) is 0 Å². The lowest BCUT2D eigenvalue weighted by molar-refractivity contribution is -0.139. The summed E-state index contributed by atoms with van der Waals surface area (Å²) < 4.78 is 6.06. The fourth-order valence-electron chi connectivity index (χ4n) is 3.40. The van der Waals surface area contributed by atoms with Gasteiger partial charge in [0, 0.05) is 0 Å². The SMILES string of the molecule is NCCCC1CCCC2CCC(CO)OC12. The molecule has 4 unspecified atom stereocenters. The molecule has 1 heterocycles. The van der Waals surface area contributed by atoms with Gasteiger partial charge in [0.15, 0.2) is 0 Å². The Bertz CT molecular complexity index is 210. The van der Waals surface area contributed by atoms with Crippen molar-refractivity contribution in [2.75, 3.05) is 13.2 Å². The normalized spacial score (nSPS) is 39.4. The van der Waals surface area contributed by atoms with Crippen molar-refractivity contribution in [3.63, 3.8) is 0 Å². The summed E-state index contributed by atoms with van der Waals surface area (Å²) >= 11 is 0. The fourth-order valence-corrected chi connectivity index (χ4v) is 3.40. The first-order chi connectivity index (χ1) is 7.85. The molecule has 3 nitrogen and oxygen atoms in total. The second kappa shape index (κ2) is 5.99. The predicted molar refractivity (Wildman–Crippen MR) is 64.1 cm³/mol. The highest BCUT2D eigenvalue weighted by Gasteiger charge is 2.38. The molecule has 1 aliphatic heterocycles. The molecule has 0 bridgehead atoms. The van der Waals surface area contributed by atoms with Crippen molar-refractivity contribution >= 4 is 0 Å². The quantitative estimate of drug-likeness (QED) is 0.768. The van der Waals surface area contributed by atoms with Crippen LogP contribution in [0.4, 0.5) is 0 Å². The lowest BCUT2D eigenvalue weighted by atomic mass is 9.73. The van der Waals surface area contributed by atoms with Gasteiger partial charge in [0.1, 0.15) is 0 Å². The number of fused-ring (bicyclic) bond motifs is 1. The third-order valence-corrected chi connectivity index (χ3v) is 4.27. The maximum absolute atomic E-state index is 9.20. The van der Waals surface area contributed by atoms with Gasteiger partial charge in [-0.1, -0.05) is 6.42 Å². The minimum atomic E-state index is 0.0970. The van der Waals surface area contributed by atoms with Gasteiger partial charge in [-0.05, 0) is 56.9 Å². The zero-order chi connectivity index (χ0) is 11.4. The third-order valence-electron chi connectivity index (χ3n) is 4.27. The van der Waals surface area contributed by atoms with Gasteiger partial charge in [-0.3, -0.25) is 0 Å². The number of hydrogen-bond acceptors (Lipinski definition) is 3. The van der Waals surface area contributed by atoms with E-state index in [1.165, 1.54) is 32.1 Å². The first-order valence-corrected chi connectivity index (χ1v) is 6.81. The number of rotatable bonds is 4. The zero-order valence-electron chi connectivity index (χ0n) is 10.1. The van der Waals surface area contributed by atoms with E-state index in [4.69, 9.17) is 10.5 Å². The number of aliphatic hydroxyl groups is 1. The minimum Gasteiger partial charge on any atom is -0.394 e. The molecule has 0 aromatic carbocycles. The van der Waals surface area contributed by atoms with Crippen LogP contribution in [0.1, 0.15) is 44.9 Å². The second-order valence-corrected chi connectivity index (χ2v) is 5.36. The van der Waals surface area contributed by atoms with Crippen molar-refractivity contribution in [3.8, 4) is 0 Å². The van der Waals surface area contributed by atoms with Crippen molar-refractivity contribution in [1.82, 2.24) is 0 Å². The fraction of sp³-hybridized carbons (Fsp3) is 1.00. The van der Waals surface area contributed by atoms with Crippen molar-refractivity contribution in [2.24, 2.45) is 17.6 Å². The van der Waals surface area contributed by atoms with Crippen molar-refractivity contribution in [2.45, 2.75) is 57.2 Å². The Morgan fingerprint density at radius 1 is 1.19 bits per heavy atom. The summed E-state index contributed by atoms with van der Waals surface area (Å²) in [5, 5.41) is 9.20. The Morgan fingerprint density at radius 3 is 2.81 bits per heavy atom. The largest absolute Gasteiger partial charge is 0.394 e. The van der Waals surface area contributed by atoms with Crippen LogP contribution in [0.25, 0.3) is 0 Å². The molecule has 2 fully saturated rings. The van der Waals surface area contributed by atoms with Gasteiger partial charge in [-0.2, -0.15) is 0 Å². The number of ether oxygens (including phenoxy) is 1. The molecule has 1 saturated heterocycles. The van der Waals surface area contributed by atoms with Gasteiger partial charge in [0.05, 0.1) is 18.8 Å². The average molecular weight is 227 g/mol. The molecule has 2 rings (SSSR count). The highest BCUT2D eigenvalue weighted by atomic mass is 16.5. The summed E-state index contributed by atoms with van der Waals surface area (Å²) in [5.41, 5.74) is 5.59. The molecule has 1 saturated carbocycles. The molecule has 94 valence electrons. The second-order valence-electron chi connectivity index (χ2n) is 5.36. The number of nitrogens with two attached hydrogens (primary N) is 1. The molecule has 0 spiro atoms. The summed E-state index contributed by atoms with van der Waals surface area (Å²) in [5.74, 6) is 1.44. The first kappa shape index (κ1) is 12.3. The topological polar surface area (TPSA) is 55.5 Å². The van der Waals surface area contributed by atoms with Gasteiger partial charge in [0.2, 0.25) is 0 Å². The van der Waals surface area contributed by atoms with E-state index >= 15 is 0 Å². The molecule has 0 amide bonds. The first-order valence-electron chi connectivity index (χ1n) is 6.81. The summed E-state index contributed by atoms with van der Waals surface area (Å²) in [6.07, 6.45) is 9.07. The van der Waals surface area contributed by atoms with Crippen molar-refractivity contribution in [3.05, 3.63) is 0 Å². The van der Waals surface area contributed by atoms with E-state index in [0.29, 0.717) is 12.0 Å². The maximum Gasteiger partial charge on any atom is 0.0809 e. The van der Waals surface area contributed by atoms with E-state index in [0.717, 1.165) is 25.3 Å². The molecule has 0 aromatic rings. The lowest BCUT2D eigenvalue weighted by Crippen LogP contribution is -2.43. The van der Waals surface area contributed by atoms with Crippen LogP contribution in [0.15, 0.2) is 0 Å². The van der Waals surface area contributed by atoms with Crippen LogP contribution in [-0.4, -0.2) is 30.5 Å². The lowest BCUT2D eigenvalue weighted by Gasteiger charge is -2.43. The van der Waals surface area contributed by atoms with E-state index < -0.39 is 0 Å². The summed E-state index contributed by atoms with van der Waals surface area (Å²) in [6.45, 7) is 0.976. The zero-order valence-corrected chi connectivity index (χ0v) is 10.1. The van der Waals surface area contributed by atoms with Gasteiger partial charge in [0.25, 0.3) is 0 Å². The van der Waals surface area contributed by atoms with E-state index in [-0.39, 0.29) is 12.7 Å². The molecule has 16 heavy (non-hydrogen) atoms. The van der Waals surface area contributed by atoms with E-state index in [9.17, 15) is 5.11 Å². The van der Waals surface area contributed by atoms with Crippen LogP contribution in [0, 0.1) is 11.8 Å². The van der Waals surface area contributed by atoms with Crippen LogP contribution in [0.5, 0.6) is 0 Å². The molecule has 3 heteroatoms. The maximum atomic E-state index is 9.20. The van der Waals surface area contributed by atoms with Crippen LogP contribution >= 0.6 is 0 Å². The van der Waals surface area contributed by atoms with Crippen molar-refractivity contribution in [1.29, 1.82) is 0 Å². The Labute approximate surface area is 98.4 Å². The molecule has 0 radical (unpaired) electrons. The molecule has 2 aliphatic rings. The van der Waals surface area contributed by atoms with Crippen molar-refractivity contribution < 1.29 is 9.84 Å². The minimum absolute atomic E-state index is 0.0970. The summed E-state index contributed by atoms with van der Waals surface area (Å²) in [4.78, 5) is 0. The third kappa shape index (κ3) is 2.76. The van der Waals surface area contributed by atoms with Crippen LogP contribution < -0.4 is 5.73 Å². The summed E-state index contributed by atoms with van der Waals surface area (Å²) in [7, 11) is 0. The average Bonchev–Trinajstić information content (AvgIpc) is 2.35. The monoisotopic (exact) mass is 227 g/mol. The number of aliphatic hydroxyl groups excluding tert-OH is 1. The molecular weight excluding hydrogens is 202 g/mol. The Kier molecular flexibility index (Phi) is 4.62. The smallest absolute Gasteiger partial charge is 0.0809 e. The van der Waals surface area contributed by atoms with Gasteiger partial charge in [-0.25, -0.2) is 0 Å². The molecule has 1 aliphatic carbocycles. The standard InChI is InChI=1S/C13H25NO2/c14-8-2-5-10-3-1-4-11-6-7-12(9-15)16-13(10)11/h10-13,15H,1-9,14H2. The highest BCUT2D eigenvalue weighted by molar-refractivity contribution is 4.87. The Balaban J connectivity index is 1.92.